The number of anilines is 2. The number of hydrogen-bond acceptors (Lipinski definition) is 4. The van der Waals surface area contributed by atoms with Crippen molar-refractivity contribution in [3.8, 4) is 5.75 Å². The summed E-state index contributed by atoms with van der Waals surface area (Å²) in [6.45, 7) is 1.99. The molecule has 0 saturated carbocycles. The highest BCUT2D eigenvalue weighted by Crippen LogP contribution is 2.34. The third-order valence-electron chi connectivity index (χ3n) is 3.98. The average Bonchev–Trinajstić information content (AvgIpc) is 2.83. The molecule has 0 aliphatic rings. The number of para-hydroxylation sites is 1. The van der Waals surface area contributed by atoms with E-state index < -0.39 is 0 Å². The number of aryl methyl sites for hydroxylation is 2. The summed E-state index contributed by atoms with van der Waals surface area (Å²) in [6, 6.07) is 15.1. The number of rotatable bonds is 2. The number of hydrogen-bond donors (Lipinski definition) is 2. The van der Waals surface area contributed by atoms with Gasteiger partial charge in [-0.25, -0.2) is 4.98 Å². The number of phenols is 1. The monoisotopic (exact) mass is 304 g/mol. The maximum absolute atomic E-state index is 9.46. The first kappa shape index (κ1) is 13.6. The summed E-state index contributed by atoms with van der Waals surface area (Å²) < 4.78 is 1.80. The fourth-order valence-corrected chi connectivity index (χ4v) is 2.92. The molecule has 0 saturated heterocycles. The third-order valence-corrected chi connectivity index (χ3v) is 3.98. The van der Waals surface area contributed by atoms with Gasteiger partial charge in [0.15, 0.2) is 5.65 Å². The van der Waals surface area contributed by atoms with Gasteiger partial charge in [-0.3, -0.25) is 4.68 Å². The molecule has 5 heteroatoms. The van der Waals surface area contributed by atoms with E-state index >= 15 is 0 Å². The zero-order valence-electron chi connectivity index (χ0n) is 12.9. The predicted octanol–water partition coefficient (Wildman–Crippen LogP) is 3.88. The third kappa shape index (κ3) is 2.17. The van der Waals surface area contributed by atoms with Crippen molar-refractivity contribution in [2.75, 3.05) is 5.32 Å². The molecule has 0 atom stereocenters. The molecule has 23 heavy (non-hydrogen) atoms. The van der Waals surface area contributed by atoms with E-state index in [9.17, 15) is 5.11 Å². The topological polar surface area (TPSA) is 63.0 Å². The van der Waals surface area contributed by atoms with Crippen LogP contribution in [0.3, 0.4) is 0 Å². The van der Waals surface area contributed by atoms with E-state index in [-0.39, 0.29) is 5.75 Å². The molecule has 2 N–H and O–H groups in total. The summed E-state index contributed by atoms with van der Waals surface area (Å²) in [5, 5.41) is 19.5. The highest BCUT2D eigenvalue weighted by atomic mass is 16.3. The van der Waals surface area contributed by atoms with Gasteiger partial charge in [-0.2, -0.15) is 5.10 Å². The van der Waals surface area contributed by atoms with Crippen molar-refractivity contribution >= 4 is 33.3 Å². The Hall–Kier alpha value is -3.08. The molecule has 2 aromatic heterocycles. The van der Waals surface area contributed by atoms with Crippen LogP contribution in [0.1, 0.15) is 5.69 Å². The molecule has 4 aromatic rings. The van der Waals surface area contributed by atoms with Crippen LogP contribution in [0.2, 0.25) is 0 Å². The van der Waals surface area contributed by atoms with Crippen molar-refractivity contribution in [2.45, 2.75) is 6.92 Å². The molecule has 0 bridgehead atoms. The minimum atomic E-state index is 0.248. The molecule has 5 nitrogen and oxygen atoms in total. The van der Waals surface area contributed by atoms with Gasteiger partial charge in [-0.15, -0.1) is 0 Å². The van der Waals surface area contributed by atoms with Gasteiger partial charge >= 0.3 is 0 Å². The molecule has 0 spiro atoms. The first-order valence-corrected chi connectivity index (χ1v) is 7.41. The van der Waals surface area contributed by atoms with Crippen LogP contribution in [0.15, 0.2) is 48.5 Å². The smallest absolute Gasteiger partial charge is 0.160 e. The number of benzene rings is 2. The number of fused-ring (bicyclic) bond motifs is 2. The summed E-state index contributed by atoms with van der Waals surface area (Å²) in [6.07, 6.45) is 0. The maximum Gasteiger partial charge on any atom is 0.160 e. The van der Waals surface area contributed by atoms with Crippen LogP contribution in [-0.2, 0) is 7.05 Å². The van der Waals surface area contributed by atoms with Gasteiger partial charge in [0.2, 0.25) is 0 Å². The number of nitrogens with zero attached hydrogens (tertiary/aromatic N) is 3. The first-order valence-electron chi connectivity index (χ1n) is 7.41. The lowest BCUT2D eigenvalue weighted by molar-refractivity contribution is 0.475. The molecule has 0 aliphatic carbocycles. The van der Waals surface area contributed by atoms with Crippen molar-refractivity contribution in [3.63, 3.8) is 0 Å². The second-order valence-corrected chi connectivity index (χ2v) is 5.58. The Balaban J connectivity index is 2.02. The Bertz CT molecular complexity index is 1020. The largest absolute Gasteiger partial charge is 0.508 e. The molecular formula is C18H16N4O. The van der Waals surface area contributed by atoms with Crippen molar-refractivity contribution in [3.05, 3.63) is 54.2 Å². The molecule has 0 fully saturated rings. The molecular weight excluding hydrogens is 288 g/mol. The predicted molar refractivity (Wildman–Crippen MR) is 92.1 cm³/mol. The Morgan fingerprint density at radius 3 is 2.57 bits per heavy atom. The van der Waals surface area contributed by atoms with Crippen molar-refractivity contribution in [2.24, 2.45) is 7.05 Å². The fourth-order valence-electron chi connectivity index (χ4n) is 2.92. The summed E-state index contributed by atoms with van der Waals surface area (Å²) >= 11 is 0. The zero-order valence-corrected chi connectivity index (χ0v) is 12.9. The SMILES string of the molecule is Cc1nn(C)c2nc3ccccc3c(Nc3ccc(O)cc3)c12. The molecule has 4 rings (SSSR count). The molecule has 0 amide bonds. The summed E-state index contributed by atoms with van der Waals surface area (Å²) in [4.78, 5) is 4.73. The van der Waals surface area contributed by atoms with Gasteiger partial charge in [0.05, 0.1) is 22.3 Å². The van der Waals surface area contributed by atoms with E-state index in [1.807, 2.05) is 44.3 Å². The van der Waals surface area contributed by atoms with E-state index in [4.69, 9.17) is 4.98 Å². The normalized spacial score (nSPS) is 11.2. The highest BCUT2D eigenvalue weighted by molar-refractivity contribution is 6.08. The number of nitrogens with one attached hydrogen (secondary N) is 1. The van der Waals surface area contributed by atoms with E-state index in [0.717, 1.165) is 39.0 Å². The second-order valence-electron chi connectivity index (χ2n) is 5.58. The minimum absolute atomic E-state index is 0.248. The lowest BCUT2D eigenvalue weighted by Gasteiger charge is -2.12. The Kier molecular flexibility index (Phi) is 2.94. The first-order chi connectivity index (χ1) is 11.1. The molecule has 0 aliphatic heterocycles. The molecule has 0 unspecified atom stereocenters. The van der Waals surface area contributed by atoms with E-state index in [1.165, 1.54) is 0 Å². The van der Waals surface area contributed by atoms with Gasteiger partial charge in [0, 0.05) is 18.1 Å². The van der Waals surface area contributed by atoms with Gasteiger partial charge in [0.25, 0.3) is 0 Å². The average molecular weight is 304 g/mol. The molecule has 2 aromatic carbocycles. The number of aromatic nitrogens is 3. The summed E-state index contributed by atoms with van der Waals surface area (Å²) in [5.41, 5.74) is 4.60. The lowest BCUT2D eigenvalue weighted by atomic mass is 10.1. The fraction of sp³-hybridized carbons (Fsp3) is 0.111. The zero-order chi connectivity index (χ0) is 16.0. The van der Waals surface area contributed by atoms with Crippen LogP contribution in [0.5, 0.6) is 5.75 Å². The van der Waals surface area contributed by atoms with Crippen LogP contribution in [0.25, 0.3) is 21.9 Å². The second kappa shape index (κ2) is 4.98. The van der Waals surface area contributed by atoms with E-state index in [2.05, 4.69) is 16.5 Å². The van der Waals surface area contributed by atoms with Gasteiger partial charge in [-0.05, 0) is 37.3 Å². The van der Waals surface area contributed by atoms with E-state index in [0.29, 0.717) is 0 Å². The molecule has 0 radical (unpaired) electrons. The van der Waals surface area contributed by atoms with Crippen molar-refractivity contribution in [1.82, 2.24) is 14.8 Å². The Morgan fingerprint density at radius 2 is 1.78 bits per heavy atom. The van der Waals surface area contributed by atoms with Crippen molar-refractivity contribution in [1.29, 1.82) is 0 Å². The van der Waals surface area contributed by atoms with Crippen LogP contribution < -0.4 is 5.32 Å². The maximum atomic E-state index is 9.46. The number of aromatic hydroxyl groups is 1. The standard InChI is InChI=1S/C18H16N4O/c1-11-16-17(19-12-7-9-13(23)10-8-12)14-5-3-4-6-15(14)20-18(16)22(2)21-11/h3-10,23H,1-2H3,(H,19,20). The molecule has 2 heterocycles. The molecule has 114 valence electrons. The quantitative estimate of drug-likeness (QED) is 0.552. The van der Waals surface area contributed by atoms with Gasteiger partial charge in [-0.1, -0.05) is 18.2 Å². The number of phenolic OH excluding ortho intramolecular Hbond substituents is 1. The lowest BCUT2D eigenvalue weighted by Crippen LogP contribution is -1.96. The van der Waals surface area contributed by atoms with E-state index in [1.54, 1.807) is 16.8 Å². The van der Waals surface area contributed by atoms with Crippen LogP contribution in [0, 0.1) is 6.92 Å². The van der Waals surface area contributed by atoms with Crippen LogP contribution in [-0.4, -0.2) is 19.9 Å². The van der Waals surface area contributed by atoms with Gasteiger partial charge < -0.3 is 10.4 Å². The number of pyridine rings is 1. The highest BCUT2D eigenvalue weighted by Gasteiger charge is 2.15. The van der Waals surface area contributed by atoms with Gasteiger partial charge in [0.1, 0.15) is 5.75 Å². The summed E-state index contributed by atoms with van der Waals surface area (Å²) in [7, 11) is 1.90. The Morgan fingerprint density at radius 1 is 1.04 bits per heavy atom. The summed E-state index contributed by atoms with van der Waals surface area (Å²) in [5.74, 6) is 0.248. The van der Waals surface area contributed by atoms with Crippen LogP contribution >= 0.6 is 0 Å². The van der Waals surface area contributed by atoms with Crippen LogP contribution in [0.4, 0.5) is 11.4 Å². The Labute approximate surface area is 133 Å². The minimum Gasteiger partial charge on any atom is -0.508 e. The van der Waals surface area contributed by atoms with Crippen molar-refractivity contribution < 1.29 is 5.11 Å².